The Hall–Kier alpha value is -1.85. The van der Waals surface area contributed by atoms with Gasteiger partial charge in [-0.3, -0.25) is 14.3 Å². The maximum Gasteiger partial charge on any atom is 0.305 e. The van der Waals surface area contributed by atoms with Gasteiger partial charge in [0.15, 0.2) is 0 Å². The quantitative estimate of drug-likeness (QED) is 0.874. The predicted octanol–water partition coefficient (Wildman–Crippen LogP) is 2.64. The van der Waals surface area contributed by atoms with Gasteiger partial charge < -0.3 is 10.4 Å². The van der Waals surface area contributed by atoms with E-state index in [-0.39, 0.29) is 17.9 Å². The first-order chi connectivity index (χ1) is 10.7. The van der Waals surface area contributed by atoms with Gasteiger partial charge in [-0.1, -0.05) is 0 Å². The molecule has 0 radical (unpaired) electrons. The summed E-state index contributed by atoms with van der Waals surface area (Å²) >= 11 is 0. The van der Waals surface area contributed by atoms with Crippen LogP contribution in [0.15, 0.2) is 6.07 Å². The van der Waals surface area contributed by atoms with E-state index in [9.17, 15) is 9.59 Å². The molecule has 0 unspecified atom stereocenters. The Balaban J connectivity index is 1.81. The van der Waals surface area contributed by atoms with E-state index < -0.39 is 11.5 Å². The molecule has 0 bridgehead atoms. The van der Waals surface area contributed by atoms with Crippen LogP contribution in [0.3, 0.4) is 0 Å². The molecule has 3 rings (SSSR count). The predicted molar refractivity (Wildman–Crippen MR) is 85.5 cm³/mol. The van der Waals surface area contributed by atoms with Crippen molar-refractivity contribution in [2.45, 2.75) is 76.3 Å². The molecule has 0 spiro atoms. The molecular weight excluding hydrogens is 294 g/mol. The van der Waals surface area contributed by atoms with Crippen LogP contribution in [0.1, 0.15) is 81.4 Å². The highest BCUT2D eigenvalue weighted by atomic mass is 16.4. The number of aliphatic carboxylic acids is 1. The Kier molecular flexibility index (Phi) is 3.73. The number of carbonyl (C=O) groups is 2. The second kappa shape index (κ2) is 5.35. The van der Waals surface area contributed by atoms with Crippen molar-refractivity contribution in [3.63, 3.8) is 0 Å². The highest BCUT2D eigenvalue weighted by Crippen LogP contribution is 2.42. The summed E-state index contributed by atoms with van der Waals surface area (Å²) in [7, 11) is 0. The van der Waals surface area contributed by atoms with E-state index in [0.717, 1.165) is 37.8 Å². The standard InChI is InChI=1S/C17H25N3O3/c1-16(2,3)20-13(11-5-6-11)9-12(19-20)15(23)18-17(7-4-8-17)10-14(21)22/h9,11H,4-8,10H2,1-3H3,(H,18,23)(H,21,22). The van der Waals surface area contributed by atoms with Gasteiger partial charge in [-0.05, 0) is 58.9 Å². The van der Waals surface area contributed by atoms with Crippen LogP contribution in [-0.2, 0) is 10.3 Å². The Bertz CT molecular complexity index is 634. The molecular formula is C17H25N3O3. The summed E-state index contributed by atoms with van der Waals surface area (Å²) in [4.78, 5) is 23.6. The molecule has 2 saturated carbocycles. The van der Waals surface area contributed by atoms with Crippen molar-refractivity contribution in [1.82, 2.24) is 15.1 Å². The van der Waals surface area contributed by atoms with Crippen molar-refractivity contribution in [2.24, 2.45) is 0 Å². The van der Waals surface area contributed by atoms with E-state index in [1.54, 1.807) is 0 Å². The molecule has 0 aromatic carbocycles. The van der Waals surface area contributed by atoms with Gasteiger partial charge >= 0.3 is 5.97 Å². The van der Waals surface area contributed by atoms with Crippen molar-refractivity contribution in [3.8, 4) is 0 Å². The number of aromatic nitrogens is 2. The fourth-order valence-electron chi connectivity index (χ4n) is 3.26. The van der Waals surface area contributed by atoms with Gasteiger partial charge in [0.05, 0.1) is 17.5 Å². The van der Waals surface area contributed by atoms with Crippen molar-refractivity contribution < 1.29 is 14.7 Å². The molecule has 2 fully saturated rings. The molecule has 2 aliphatic rings. The summed E-state index contributed by atoms with van der Waals surface area (Å²) in [5.41, 5.74) is 0.752. The summed E-state index contributed by atoms with van der Waals surface area (Å²) in [6, 6.07) is 1.88. The maximum atomic E-state index is 12.6. The fraction of sp³-hybridized carbons (Fsp3) is 0.706. The van der Waals surface area contributed by atoms with Crippen LogP contribution >= 0.6 is 0 Å². The van der Waals surface area contributed by atoms with Crippen molar-refractivity contribution in [1.29, 1.82) is 0 Å². The summed E-state index contributed by atoms with van der Waals surface area (Å²) in [5.74, 6) is -0.625. The molecule has 6 nitrogen and oxygen atoms in total. The minimum atomic E-state index is -0.871. The molecule has 1 amide bonds. The number of carbonyl (C=O) groups excluding carboxylic acids is 1. The first-order valence-electron chi connectivity index (χ1n) is 8.35. The second-order valence-electron chi connectivity index (χ2n) is 7.97. The molecule has 6 heteroatoms. The number of amides is 1. The third kappa shape index (κ3) is 3.26. The van der Waals surface area contributed by atoms with Crippen LogP contribution in [-0.4, -0.2) is 32.3 Å². The zero-order valence-electron chi connectivity index (χ0n) is 14.1. The lowest BCUT2D eigenvalue weighted by Gasteiger charge is -2.41. The first kappa shape index (κ1) is 16.0. The number of carboxylic acid groups (broad SMARTS) is 1. The largest absolute Gasteiger partial charge is 0.481 e. The zero-order chi connectivity index (χ0) is 16.8. The zero-order valence-corrected chi connectivity index (χ0v) is 14.1. The lowest BCUT2D eigenvalue weighted by atomic mass is 9.74. The monoisotopic (exact) mass is 319 g/mol. The topological polar surface area (TPSA) is 84.2 Å². The molecule has 0 saturated heterocycles. The third-order valence-electron chi connectivity index (χ3n) is 4.78. The van der Waals surface area contributed by atoms with Gasteiger partial charge in [-0.15, -0.1) is 0 Å². The van der Waals surface area contributed by atoms with Crippen LogP contribution in [0.2, 0.25) is 0 Å². The maximum absolute atomic E-state index is 12.6. The van der Waals surface area contributed by atoms with Gasteiger partial charge in [-0.2, -0.15) is 5.10 Å². The Morgan fingerprint density at radius 2 is 2.04 bits per heavy atom. The van der Waals surface area contributed by atoms with Crippen LogP contribution in [0.5, 0.6) is 0 Å². The highest BCUT2D eigenvalue weighted by molar-refractivity contribution is 5.93. The van der Waals surface area contributed by atoms with Crippen molar-refractivity contribution >= 4 is 11.9 Å². The number of hydrogen-bond donors (Lipinski definition) is 2. The first-order valence-corrected chi connectivity index (χ1v) is 8.35. The molecule has 1 heterocycles. The minimum Gasteiger partial charge on any atom is -0.481 e. The van der Waals surface area contributed by atoms with Gasteiger partial charge in [-0.25, -0.2) is 0 Å². The Morgan fingerprint density at radius 1 is 1.39 bits per heavy atom. The minimum absolute atomic E-state index is 0.0196. The summed E-state index contributed by atoms with van der Waals surface area (Å²) in [6.07, 6.45) is 4.67. The fourth-order valence-corrected chi connectivity index (χ4v) is 3.26. The van der Waals surface area contributed by atoms with E-state index in [0.29, 0.717) is 11.6 Å². The number of carboxylic acids is 1. The number of nitrogens with one attached hydrogen (secondary N) is 1. The average Bonchev–Trinajstić information content (AvgIpc) is 3.12. The van der Waals surface area contributed by atoms with Crippen molar-refractivity contribution in [2.75, 3.05) is 0 Å². The molecule has 0 atom stereocenters. The van der Waals surface area contributed by atoms with Crippen LogP contribution in [0.4, 0.5) is 0 Å². The van der Waals surface area contributed by atoms with Gasteiger partial charge in [0.25, 0.3) is 5.91 Å². The number of nitrogens with zero attached hydrogens (tertiary/aromatic N) is 2. The molecule has 23 heavy (non-hydrogen) atoms. The molecule has 0 aliphatic heterocycles. The van der Waals surface area contributed by atoms with Gasteiger partial charge in [0.2, 0.25) is 0 Å². The van der Waals surface area contributed by atoms with Crippen LogP contribution in [0.25, 0.3) is 0 Å². The SMILES string of the molecule is CC(C)(C)n1nc(C(=O)NC2(CC(=O)O)CCC2)cc1C1CC1. The number of hydrogen-bond acceptors (Lipinski definition) is 3. The van der Waals surface area contributed by atoms with Crippen LogP contribution in [0, 0.1) is 0 Å². The number of rotatable bonds is 5. The van der Waals surface area contributed by atoms with Gasteiger partial charge in [0.1, 0.15) is 5.69 Å². The molecule has 1 aromatic heterocycles. The summed E-state index contributed by atoms with van der Waals surface area (Å²) < 4.78 is 1.95. The molecule has 126 valence electrons. The average molecular weight is 319 g/mol. The lowest BCUT2D eigenvalue weighted by Crippen LogP contribution is -2.54. The van der Waals surface area contributed by atoms with E-state index >= 15 is 0 Å². The highest BCUT2D eigenvalue weighted by Gasteiger charge is 2.41. The lowest BCUT2D eigenvalue weighted by molar-refractivity contribution is -0.139. The smallest absolute Gasteiger partial charge is 0.305 e. The van der Waals surface area contributed by atoms with Crippen LogP contribution < -0.4 is 5.32 Å². The normalized spacial score (nSPS) is 20.0. The Morgan fingerprint density at radius 3 is 2.48 bits per heavy atom. The van der Waals surface area contributed by atoms with Crippen molar-refractivity contribution in [3.05, 3.63) is 17.5 Å². The van der Waals surface area contributed by atoms with E-state index in [1.165, 1.54) is 0 Å². The summed E-state index contributed by atoms with van der Waals surface area (Å²) in [6.45, 7) is 6.22. The van der Waals surface area contributed by atoms with E-state index in [2.05, 4.69) is 31.2 Å². The van der Waals surface area contributed by atoms with Gasteiger partial charge in [0, 0.05) is 11.6 Å². The molecule has 1 aromatic rings. The van der Waals surface area contributed by atoms with E-state index in [4.69, 9.17) is 5.11 Å². The molecule has 2 aliphatic carbocycles. The Labute approximate surface area is 136 Å². The second-order valence-corrected chi connectivity index (χ2v) is 7.97. The third-order valence-corrected chi connectivity index (χ3v) is 4.78. The summed E-state index contributed by atoms with van der Waals surface area (Å²) in [5, 5.41) is 16.5. The van der Waals surface area contributed by atoms with E-state index in [1.807, 2.05) is 10.7 Å². The molecule has 2 N–H and O–H groups in total.